The number of rotatable bonds is 3. The Kier molecular flexibility index (Phi) is 4.11. The van der Waals surface area contributed by atoms with Crippen LogP contribution in [0.2, 0.25) is 0 Å². The zero-order valence-electron chi connectivity index (χ0n) is 16.1. The fourth-order valence-electron chi connectivity index (χ4n) is 4.99. The molecule has 2 aliphatic heterocycles. The average molecular weight is 408 g/mol. The lowest BCUT2D eigenvalue weighted by Crippen LogP contribution is -2.51. The molecule has 1 aromatic heterocycles. The van der Waals surface area contributed by atoms with Crippen LogP contribution in [0, 0.1) is 17.6 Å². The highest BCUT2D eigenvalue weighted by molar-refractivity contribution is 6.11. The largest absolute Gasteiger partial charge is 0.461 e. The molecular weight excluding hydrogens is 390 g/mol. The number of Topliss-reactive ketones (excluding diaryl/α,β-unsaturated/α-hetero) is 1. The first kappa shape index (κ1) is 18.7. The number of carbonyl (C=O) groups is 2. The molecule has 3 atom stereocenters. The summed E-state index contributed by atoms with van der Waals surface area (Å²) in [5.74, 6) is -2.81. The zero-order chi connectivity index (χ0) is 21.0. The molecule has 1 saturated heterocycles. The lowest BCUT2D eigenvalue weighted by molar-refractivity contribution is -0.126. The summed E-state index contributed by atoms with van der Waals surface area (Å²) in [6.07, 6.45) is 1.40. The number of likely N-dealkylation sites (tertiary alicyclic amines) is 1. The third-order valence-electron chi connectivity index (χ3n) is 6.26. The van der Waals surface area contributed by atoms with Gasteiger partial charge in [0, 0.05) is 23.7 Å². The van der Waals surface area contributed by atoms with Crippen molar-refractivity contribution in [2.75, 3.05) is 18.9 Å². The van der Waals surface area contributed by atoms with Crippen LogP contribution in [0.5, 0.6) is 0 Å². The lowest BCUT2D eigenvalue weighted by atomic mass is 9.71. The van der Waals surface area contributed by atoms with Crippen LogP contribution in [0.4, 0.5) is 14.5 Å². The number of amides is 1. The van der Waals surface area contributed by atoms with Crippen molar-refractivity contribution in [3.8, 4) is 0 Å². The molecule has 3 aromatic rings. The second kappa shape index (κ2) is 6.60. The van der Waals surface area contributed by atoms with Gasteiger partial charge in [0.15, 0.2) is 5.76 Å². The van der Waals surface area contributed by atoms with Crippen LogP contribution in [-0.2, 0) is 10.3 Å². The van der Waals surface area contributed by atoms with Gasteiger partial charge in [-0.05, 0) is 55.1 Å². The van der Waals surface area contributed by atoms with Crippen molar-refractivity contribution >= 4 is 17.4 Å². The number of nitrogens with zero attached hydrogens (tertiary/aromatic N) is 1. The number of hydrogen-bond donors (Lipinski definition) is 1. The maximum absolute atomic E-state index is 14.2. The SMILES string of the molecule is CN1C[C@H](c2ccc(F)cc2)[C@@H](C(=O)c2ccco2)[C@]12C(=O)Nc1ccc(F)cc12. The topological polar surface area (TPSA) is 62.6 Å². The van der Waals surface area contributed by atoms with E-state index in [1.807, 2.05) is 0 Å². The third kappa shape index (κ3) is 2.48. The number of fused-ring (bicyclic) bond motifs is 2. The van der Waals surface area contributed by atoms with Gasteiger partial charge in [-0.1, -0.05) is 12.1 Å². The van der Waals surface area contributed by atoms with Gasteiger partial charge in [-0.25, -0.2) is 8.78 Å². The summed E-state index contributed by atoms with van der Waals surface area (Å²) >= 11 is 0. The average Bonchev–Trinajstić information content (AvgIpc) is 3.42. The van der Waals surface area contributed by atoms with Crippen molar-refractivity contribution in [2.45, 2.75) is 11.5 Å². The zero-order valence-corrected chi connectivity index (χ0v) is 16.1. The van der Waals surface area contributed by atoms with Crippen molar-refractivity contribution < 1.29 is 22.8 Å². The molecule has 3 heterocycles. The van der Waals surface area contributed by atoms with Gasteiger partial charge >= 0.3 is 0 Å². The Bertz CT molecular complexity index is 1140. The number of nitrogens with one attached hydrogen (secondary N) is 1. The standard InChI is InChI=1S/C23H18F2N2O3/c1-27-12-16(13-4-6-14(24)7-5-13)20(21(28)19-3-2-10-30-19)23(27)17-11-15(25)8-9-18(17)26-22(23)29/h2-11,16,20H,12H2,1H3,(H,26,29)/t16-,20+,23-/m1/s1. The van der Waals surface area contributed by atoms with Gasteiger partial charge < -0.3 is 9.73 Å². The smallest absolute Gasteiger partial charge is 0.250 e. The first-order chi connectivity index (χ1) is 14.4. The molecule has 0 bridgehead atoms. The van der Waals surface area contributed by atoms with Crippen LogP contribution in [0.1, 0.15) is 27.6 Å². The van der Waals surface area contributed by atoms with Crippen LogP contribution in [-0.4, -0.2) is 30.2 Å². The molecule has 1 fully saturated rings. The molecule has 30 heavy (non-hydrogen) atoms. The Balaban J connectivity index is 1.74. The van der Waals surface area contributed by atoms with Crippen LogP contribution in [0.3, 0.4) is 0 Å². The van der Waals surface area contributed by atoms with Crippen LogP contribution in [0.15, 0.2) is 65.3 Å². The van der Waals surface area contributed by atoms with Gasteiger partial charge in [0.1, 0.15) is 17.2 Å². The van der Waals surface area contributed by atoms with Crippen molar-refractivity contribution in [3.63, 3.8) is 0 Å². The predicted octanol–water partition coefficient (Wildman–Crippen LogP) is 3.93. The monoisotopic (exact) mass is 408 g/mol. The Labute approximate surface area is 171 Å². The summed E-state index contributed by atoms with van der Waals surface area (Å²) in [4.78, 5) is 28.8. The van der Waals surface area contributed by atoms with Crippen LogP contribution >= 0.6 is 0 Å². The Morgan fingerprint density at radius 3 is 2.57 bits per heavy atom. The first-order valence-corrected chi connectivity index (χ1v) is 9.59. The van der Waals surface area contributed by atoms with E-state index < -0.39 is 23.2 Å². The molecule has 0 unspecified atom stereocenters. The summed E-state index contributed by atoms with van der Waals surface area (Å²) < 4.78 is 33.1. The highest BCUT2D eigenvalue weighted by Crippen LogP contribution is 2.55. The lowest BCUT2D eigenvalue weighted by Gasteiger charge is -2.35. The molecule has 5 nitrogen and oxygen atoms in total. The number of anilines is 1. The van der Waals surface area contributed by atoms with E-state index in [0.717, 1.165) is 5.56 Å². The summed E-state index contributed by atoms with van der Waals surface area (Å²) in [5.41, 5.74) is 0.220. The number of benzene rings is 2. The van der Waals surface area contributed by atoms with E-state index in [4.69, 9.17) is 4.42 Å². The molecule has 2 aliphatic rings. The second-order valence-electron chi connectivity index (χ2n) is 7.77. The van der Waals surface area contributed by atoms with Gasteiger partial charge in [0.25, 0.3) is 0 Å². The maximum atomic E-state index is 14.2. The van der Waals surface area contributed by atoms with Gasteiger partial charge in [-0.15, -0.1) is 0 Å². The minimum Gasteiger partial charge on any atom is -0.461 e. The number of ketones is 1. The van der Waals surface area contributed by atoms with Gasteiger partial charge in [0.2, 0.25) is 11.7 Å². The summed E-state index contributed by atoms with van der Waals surface area (Å²) in [5, 5.41) is 2.81. The van der Waals surface area contributed by atoms with E-state index in [0.29, 0.717) is 17.8 Å². The van der Waals surface area contributed by atoms with Gasteiger partial charge in [0.05, 0.1) is 12.2 Å². The summed E-state index contributed by atoms with van der Waals surface area (Å²) in [6.45, 7) is 0.353. The molecule has 0 saturated carbocycles. The number of carbonyl (C=O) groups excluding carboxylic acids is 2. The van der Waals surface area contributed by atoms with Crippen molar-refractivity contribution in [1.82, 2.24) is 4.90 Å². The van der Waals surface area contributed by atoms with E-state index in [2.05, 4.69) is 5.32 Å². The number of likely N-dealkylation sites (N-methyl/N-ethyl adjacent to an activating group) is 1. The normalized spacial score (nSPS) is 25.5. The molecule has 0 radical (unpaired) electrons. The predicted molar refractivity (Wildman–Crippen MR) is 105 cm³/mol. The fourth-order valence-corrected chi connectivity index (χ4v) is 4.99. The Hall–Kier alpha value is -3.32. The Morgan fingerprint density at radius 2 is 1.87 bits per heavy atom. The molecule has 5 rings (SSSR count). The maximum Gasteiger partial charge on any atom is 0.250 e. The minimum atomic E-state index is -1.40. The van der Waals surface area contributed by atoms with Crippen LogP contribution in [0.25, 0.3) is 0 Å². The van der Waals surface area contributed by atoms with Crippen molar-refractivity contribution in [2.24, 2.45) is 5.92 Å². The molecule has 152 valence electrons. The molecule has 7 heteroatoms. The Morgan fingerprint density at radius 1 is 1.13 bits per heavy atom. The summed E-state index contributed by atoms with van der Waals surface area (Å²) in [6, 6.07) is 13.1. The van der Waals surface area contributed by atoms with E-state index >= 15 is 0 Å². The van der Waals surface area contributed by atoms with E-state index in [1.54, 1.807) is 36.2 Å². The first-order valence-electron chi connectivity index (χ1n) is 9.59. The third-order valence-corrected chi connectivity index (χ3v) is 6.26. The number of furan rings is 1. The summed E-state index contributed by atoms with van der Waals surface area (Å²) in [7, 11) is 1.74. The fraction of sp³-hybridized carbons (Fsp3) is 0.217. The van der Waals surface area contributed by atoms with Crippen LogP contribution < -0.4 is 5.32 Å². The number of hydrogen-bond acceptors (Lipinski definition) is 4. The van der Waals surface area contributed by atoms with Gasteiger partial charge in [-0.2, -0.15) is 0 Å². The molecule has 0 aliphatic carbocycles. The molecule has 2 aromatic carbocycles. The highest BCUT2D eigenvalue weighted by Gasteiger charge is 2.64. The molecule has 1 amide bonds. The van der Waals surface area contributed by atoms with E-state index in [9.17, 15) is 18.4 Å². The van der Waals surface area contributed by atoms with Crippen molar-refractivity contribution in [1.29, 1.82) is 0 Å². The molecule has 1 N–H and O–H groups in total. The van der Waals surface area contributed by atoms with E-state index in [1.165, 1.54) is 36.6 Å². The highest BCUT2D eigenvalue weighted by atomic mass is 19.1. The number of halogens is 2. The van der Waals surface area contributed by atoms with Crippen molar-refractivity contribution in [3.05, 3.63) is 89.4 Å². The second-order valence-corrected chi connectivity index (χ2v) is 7.77. The molecule has 1 spiro atoms. The van der Waals surface area contributed by atoms with E-state index in [-0.39, 0.29) is 23.3 Å². The minimum absolute atomic E-state index is 0.124. The molecular formula is C23H18F2N2O3. The van der Waals surface area contributed by atoms with Gasteiger partial charge in [-0.3, -0.25) is 14.5 Å². The quantitative estimate of drug-likeness (QED) is 0.667.